The largest absolute Gasteiger partial charge is 0.324 e. The van der Waals surface area contributed by atoms with E-state index in [1.165, 1.54) is 12.1 Å². The van der Waals surface area contributed by atoms with Crippen LogP contribution in [0.25, 0.3) is 0 Å². The Kier molecular flexibility index (Phi) is 2.69. The van der Waals surface area contributed by atoms with Crippen LogP contribution in [0.15, 0.2) is 12.1 Å². The van der Waals surface area contributed by atoms with Crippen molar-refractivity contribution >= 4 is 23.2 Å². The summed E-state index contributed by atoms with van der Waals surface area (Å²) in [5.74, 6) is -0.000679. The van der Waals surface area contributed by atoms with Crippen LogP contribution in [0.4, 0.5) is 4.39 Å². The van der Waals surface area contributed by atoms with Gasteiger partial charge in [0.15, 0.2) is 0 Å². The maximum absolute atomic E-state index is 13.4. The molecule has 0 heterocycles. The van der Waals surface area contributed by atoms with E-state index < -0.39 is 0 Å². The lowest BCUT2D eigenvalue weighted by Gasteiger charge is -2.14. The fourth-order valence-corrected chi connectivity index (χ4v) is 1.98. The van der Waals surface area contributed by atoms with E-state index in [0.717, 1.165) is 12.8 Å². The van der Waals surface area contributed by atoms with Crippen LogP contribution in [0, 0.1) is 11.7 Å². The fourth-order valence-electron chi connectivity index (χ4n) is 1.54. The lowest BCUT2D eigenvalue weighted by Crippen LogP contribution is -2.14. The highest BCUT2D eigenvalue weighted by atomic mass is 35.5. The van der Waals surface area contributed by atoms with Crippen LogP contribution in [0.1, 0.15) is 24.4 Å². The predicted molar refractivity (Wildman–Crippen MR) is 56.1 cm³/mol. The summed E-state index contributed by atoms with van der Waals surface area (Å²) in [6, 6.07) is 2.44. The monoisotopic (exact) mass is 233 g/mol. The van der Waals surface area contributed by atoms with E-state index in [4.69, 9.17) is 28.9 Å². The molecule has 4 heteroatoms. The number of halogens is 3. The number of hydrogen-bond donors (Lipinski definition) is 1. The molecular weight excluding hydrogens is 224 g/mol. The molecule has 0 aliphatic heterocycles. The third-order valence-corrected chi connectivity index (χ3v) is 3.36. The van der Waals surface area contributed by atoms with Gasteiger partial charge in [0.2, 0.25) is 0 Å². The molecule has 0 spiro atoms. The van der Waals surface area contributed by atoms with Gasteiger partial charge >= 0.3 is 0 Å². The number of benzene rings is 1. The minimum Gasteiger partial charge on any atom is -0.324 e. The van der Waals surface area contributed by atoms with Crippen LogP contribution >= 0.6 is 23.2 Å². The van der Waals surface area contributed by atoms with E-state index in [-0.39, 0.29) is 16.9 Å². The molecule has 14 heavy (non-hydrogen) atoms. The van der Waals surface area contributed by atoms with Crippen molar-refractivity contribution < 1.29 is 4.39 Å². The molecule has 1 aliphatic carbocycles. The van der Waals surface area contributed by atoms with Crippen molar-refractivity contribution in [2.24, 2.45) is 11.7 Å². The summed E-state index contributed by atoms with van der Waals surface area (Å²) < 4.78 is 13.4. The first-order valence-corrected chi connectivity index (χ1v) is 5.26. The summed E-state index contributed by atoms with van der Waals surface area (Å²) in [6.07, 6.45) is 2.09. The first-order chi connectivity index (χ1) is 6.61. The molecule has 1 saturated carbocycles. The quantitative estimate of drug-likeness (QED) is 0.778. The second-order valence-electron chi connectivity index (χ2n) is 3.62. The van der Waals surface area contributed by atoms with Crippen LogP contribution in [-0.4, -0.2) is 0 Å². The Morgan fingerprint density at radius 3 is 2.57 bits per heavy atom. The van der Waals surface area contributed by atoms with E-state index in [1.807, 2.05) is 0 Å². The van der Waals surface area contributed by atoms with Gasteiger partial charge in [-0.3, -0.25) is 0 Å². The predicted octanol–water partition coefficient (Wildman–Crippen LogP) is 3.54. The van der Waals surface area contributed by atoms with Gasteiger partial charge in [-0.1, -0.05) is 23.2 Å². The summed E-state index contributed by atoms with van der Waals surface area (Å²) in [6.45, 7) is 0. The van der Waals surface area contributed by atoms with Gasteiger partial charge < -0.3 is 5.73 Å². The van der Waals surface area contributed by atoms with Gasteiger partial charge in [0.25, 0.3) is 0 Å². The molecule has 0 bridgehead atoms. The Balaban J connectivity index is 2.43. The van der Waals surface area contributed by atoms with Gasteiger partial charge in [0.1, 0.15) is 5.82 Å². The van der Waals surface area contributed by atoms with E-state index >= 15 is 0 Å². The molecule has 0 aromatic heterocycles. The molecular formula is C10H10Cl2FN. The van der Waals surface area contributed by atoms with Crippen molar-refractivity contribution in [2.75, 3.05) is 0 Å². The van der Waals surface area contributed by atoms with Gasteiger partial charge in [-0.05, 0) is 30.9 Å². The Bertz CT molecular complexity index is 363. The number of nitrogens with two attached hydrogens (primary N) is 1. The van der Waals surface area contributed by atoms with Crippen LogP contribution < -0.4 is 5.73 Å². The van der Waals surface area contributed by atoms with E-state index in [2.05, 4.69) is 0 Å². The summed E-state index contributed by atoms with van der Waals surface area (Å²) >= 11 is 11.7. The molecule has 76 valence electrons. The smallest absolute Gasteiger partial charge is 0.129 e. The minimum atomic E-state index is -0.362. The summed E-state index contributed by atoms with van der Waals surface area (Å²) in [7, 11) is 0. The van der Waals surface area contributed by atoms with Gasteiger partial charge in [-0.15, -0.1) is 0 Å². The summed E-state index contributed by atoms with van der Waals surface area (Å²) in [5.41, 5.74) is 6.25. The van der Waals surface area contributed by atoms with Crippen molar-refractivity contribution in [3.05, 3.63) is 33.6 Å². The molecule has 1 atom stereocenters. The Morgan fingerprint density at radius 2 is 2.00 bits per heavy atom. The molecule has 1 nitrogen and oxygen atoms in total. The Hall–Kier alpha value is -0.310. The second kappa shape index (κ2) is 3.69. The molecule has 1 aromatic carbocycles. The molecule has 2 N–H and O–H groups in total. The first kappa shape index (κ1) is 10.2. The lowest BCUT2D eigenvalue weighted by atomic mass is 10.0. The molecule has 1 aromatic rings. The van der Waals surface area contributed by atoms with Gasteiger partial charge in [-0.25, -0.2) is 4.39 Å². The molecule has 0 amide bonds. The molecule has 1 fully saturated rings. The fraction of sp³-hybridized carbons (Fsp3) is 0.400. The molecule has 0 radical (unpaired) electrons. The van der Waals surface area contributed by atoms with Crippen molar-refractivity contribution in [3.8, 4) is 0 Å². The van der Waals surface area contributed by atoms with Crippen LogP contribution in [0.3, 0.4) is 0 Å². The summed E-state index contributed by atoms with van der Waals surface area (Å²) in [5, 5.41) is 0.616. The first-order valence-electron chi connectivity index (χ1n) is 4.50. The van der Waals surface area contributed by atoms with Crippen LogP contribution in [0.5, 0.6) is 0 Å². The van der Waals surface area contributed by atoms with Gasteiger partial charge in [-0.2, -0.15) is 0 Å². The van der Waals surface area contributed by atoms with E-state index in [9.17, 15) is 4.39 Å². The Morgan fingerprint density at radius 1 is 1.36 bits per heavy atom. The zero-order chi connectivity index (χ0) is 10.3. The molecule has 0 saturated heterocycles. The molecule has 2 rings (SSSR count). The number of hydrogen-bond acceptors (Lipinski definition) is 1. The lowest BCUT2D eigenvalue weighted by molar-refractivity contribution is 0.554. The zero-order valence-corrected chi connectivity index (χ0v) is 8.95. The van der Waals surface area contributed by atoms with Crippen molar-refractivity contribution in [1.82, 2.24) is 0 Å². The Labute approximate surface area is 92.0 Å². The highest BCUT2D eigenvalue weighted by molar-refractivity contribution is 6.42. The van der Waals surface area contributed by atoms with E-state index in [0.29, 0.717) is 16.5 Å². The van der Waals surface area contributed by atoms with Crippen molar-refractivity contribution in [3.63, 3.8) is 0 Å². The van der Waals surface area contributed by atoms with Crippen LogP contribution in [-0.2, 0) is 0 Å². The highest BCUT2D eigenvalue weighted by Crippen LogP contribution is 2.43. The van der Waals surface area contributed by atoms with Gasteiger partial charge in [0.05, 0.1) is 10.0 Å². The van der Waals surface area contributed by atoms with Gasteiger partial charge in [0, 0.05) is 11.6 Å². The molecule has 0 unspecified atom stereocenters. The van der Waals surface area contributed by atoms with Crippen molar-refractivity contribution in [2.45, 2.75) is 18.9 Å². The SMILES string of the molecule is N[C@H](c1c(F)ccc(Cl)c1Cl)C1CC1. The van der Waals surface area contributed by atoms with E-state index in [1.54, 1.807) is 0 Å². The summed E-state index contributed by atoms with van der Waals surface area (Å²) in [4.78, 5) is 0. The maximum atomic E-state index is 13.4. The topological polar surface area (TPSA) is 26.0 Å². The van der Waals surface area contributed by atoms with Crippen LogP contribution in [0.2, 0.25) is 10.0 Å². The zero-order valence-electron chi connectivity index (χ0n) is 7.43. The third-order valence-electron chi connectivity index (χ3n) is 2.54. The number of rotatable bonds is 2. The molecule has 1 aliphatic rings. The minimum absolute atomic E-state index is 0.256. The third kappa shape index (κ3) is 1.74. The van der Waals surface area contributed by atoms with Crippen molar-refractivity contribution in [1.29, 1.82) is 0 Å². The highest BCUT2D eigenvalue weighted by Gasteiger charge is 2.32. The maximum Gasteiger partial charge on any atom is 0.129 e. The second-order valence-corrected chi connectivity index (χ2v) is 4.41. The average molecular weight is 234 g/mol. The average Bonchev–Trinajstić information content (AvgIpc) is 2.95. The normalized spacial score (nSPS) is 18.3. The standard InChI is InChI=1S/C10H10Cl2FN/c11-6-3-4-7(13)8(9(6)12)10(14)5-1-2-5/h3-5,10H,1-2,14H2/t10-/m0/s1.